The Hall–Kier alpha value is -2.29. The SMILES string of the molecule is C/C(=C\c1ccc(-c2ccco2)cc1)C(=O)O. The number of furan rings is 1. The van der Waals surface area contributed by atoms with Crippen molar-refractivity contribution in [2.45, 2.75) is 6.92 Å². The molecule has 0 saturated carbocycles. The highest BCUT2D eigenvalue weighted by Gasteiger charge is 2.02. The molecule has 17 heavy (non-hydrogen) atoms. The lowest BCUT2D eigenvalue weighted by Crippen LogP contribution is -1.95. The van der Waals surface area contributed by atoms with Gasteiger partial charge in [-0.05, 0) is 30.7 Å². The Balaban J connectivity index is 2.25. The van der Waals surface area contributed by atoms with Crippen molar-refractivity contribution in [2.24, 2.45) is 0 Å². The van der Waals surface area contributed by atoms with E-state index < -0.39 is 5.97 Å². The molecular weight excluding hydrogens is 216 g/mol. The Morgan fingerprint density at radius 1 is 1.24 bits per heavy atom. The van der Waals surface area contributed by atoms with Crippen LogP contribution in [-0.4, -0.2) is 11.1 Å². The van der Waals surface area contributed by atoms with Crippen molar-refractivity contribution in [3.05, 3.63) is 53.8 Å². The minimum absolute atomic E-state index is 0.316. The molecule has 1 N–H and O–H groups in total. The first-order valence-electron chi connectivity index (χ1n) is 5.22. The molecule has 1 aromatic carbocycles. The van der Waals surface area contributed by atoms with Crippen molar-refractivity contribution in [1.29, 1.82) is 0 Å². The molecule has 1 heterocycles. The van der Waals surface area contributed by atoms with Crippen LogP contribution >= 0.6 is 0 Å². The van der Waals surface area contributed by atoms with Gasteiger partial charge in [-0.1, -0.05) is 24.3 Å². The molecule has 0 amide bonds. The summed E-state index contributed by atoms with van der Waals surface area (Å²) in [6.45, 7) is 1.57. The fraction of sp³-hybridized carbons (Fsp3) is 0.0714. The Morgan fingerprint density at radius 3 is 2.47 bits per heavy atom. The highest BCUT2D eigenvalue weighted by molar-refractivity contribution is 5.91. The molecule has 0 saturated heterocycles. The van der Waals surface area contributed by atoms with E-state index in [4.69, 9.17) is 9.52 Å². The van der Waals surface area contributed by atoms with Crippen LogP contribution in [0.1, 0.15) is 12.5 Å². The summed E-state index contributed by atoms with van der Waals surface area (Å²) >= 11 is 0. The summed E-state index contributed by atoms with van der Waals surface area (Å²) in [5, 5.41) is 8.76. The summed E-state index contributed by atoms with van der Waals surface area (Å²) in [5.74, 6) is -0.101. The lowest BCUT2D eigenvalue weighted by atomic mass is 10.1. The van der Waals surface area contributed by atoms with E-state index in [-0.39, 0.29) is 0 Å². The Kier molecular flexibility index (Phi) is 3.10. The Labute approximate surface area is 99.0 Å². The number of benzene rings is 1. The van der Waals surface area contributed by atoms with Gasteiger partial charge in [0, 0.05) is 11.1 Å². The second-order valence-electron chi connectivity index (χ2n) is 3.73. The second-order valence-corrected chi connectivity index (χ2v) is 3.73. The van der Waals surface area contributed by atoms with Crippen molar-refractivity contribution < 1.29 is 14.3 Å². The summed E-state index contributed by atoms with van der Waals surface area (Å²) in [7, 11) is 0. The fourth-order valence-corrected chi connectivity index (χ4v) is 1.50. The van der Waals surface area contributed by atoms with E-state index in [1.807, 2.05) is 36.4 Å². The largest absolute Gasteiger partial charge is 0.478 e. The number of aliphatic carboxylic acids is 1. The van der Waals surface area contributed by atoms with Crippen LogP contribution in [0.2, 0.25) is 0 Å². The standard InChI is InChI=1S/C14H12O3/c1-10(14(15)16)9-11-4-6-12(7-5-11)13-3-2-8-17-13/h2-9H,1H3,(H,15,16)/b10-9+. The van der Waals surface area contributed by atoms with Gasteiger partial charge in [0.05, 0.1) is 6.26 Å². The molecule has 3 heteroatoms. The van der Waals surface area contributed by atoms with E-state index in [1.165, 1.54) is 0 Å². The van der Waals surface area contributed by atoms with E-state index in [0.717, 1.165) is 16.9 Å². The average Bonchev–Trinajstić information content (AvgIpc) is 2.83. The molecule has 0 bridgehead atoms. The molecule has 0 atom stereocenters. The minimum Gasteiger partial charge on any atom is -0.478 e. The molecular formula is C14H12O3. The van der Waals surface area contributed by atoms with Crippen LogP contribution in [0, 0.1) is 0 Å². The van der Waals surface area contributed by atoms with Gasteiger partial charge in [-0.25, -0.2) is 4.79 Å². The quantitative estimate of drug-likeness (QED) is 0.819. The number of hydrogen-bond acceptors (Lipinski definition) is 2. The maximum absolute atomic E-state index is 10.7. The summed E-state index contributed by atoms with van der Waals surface area (Å²) < 4.78 is 5.27. The van der Waals surface area contributed by atoms with Crippen LogP contribution in [0.15, 0.2) is 52.7 Å². The maximum Gasteiger partial charge on any atom is 0.331 e. The first-order chi connectivity index (χ1) is 8.16. The van der Waals surface area contributed by atoms with Crippen LogP contribution in [-0.2, 0) is 4.79 Å². The van der Waals surface area contributed by atoms with Crippen molar-refractivity contribution in [3.8, 4) is 11.3 Å². The van der Waals surface area contributed by atoms with Crippen molar-refractivity contribution in [2.75, 3.05) is 0 Å². The molecule has 86 valence electrons. The molecule has 3 nitrogen and oxygen atoms in total. The van der Waals surface area contributed by atoms with Gasteiger partial charge in [-0.3, -0.25) is 0 Å². The normalized spacial score (nSPS) is 11.5. The van der Waals surface area contributed by atoms with Crippen molar-refractivity contribution in [3.63, 3.8) is 0 Å². The zero-order valence-electron chi connectivity index (χ0n) is 9.38. The topological polar surface area (TPSA) is 50.4 Å². The number of rotatable bonds is 3. The molecule has 2 rings (SSSR count). The molecule has 1 aromatic heterocycles. The second kappa shape index (κ2) is 4.70. The maximum atomic E-state index is 10.7. The average molecular weight is 228 g/mol. The van der Waals surface area contributed by atoms with Gasteiger partial charge >= 0.3 is 5.97 Å². The molecule has 0 unspecified atom stereocenters. The lowest BCUT2D eigenvalue weighted by molar-refractivity contribution is -0.132. The van der Waals surface area contributed by atoms with Crippen LogP contribution in [0.3, 0.4) is 0 Å². The minimum atomic E-state index is -0.903. The first kappa shape index (κ1) is 11.2. The number of carbonyl (C=O) groups is 1. The monoisotopic (exact) mass is 228 g/mol. The van der Waals surface area contributed by atoms with E-state index in [2.05, 4.69) is 0 Å². The molecule has 0 aliphatic carbocycles. The smallest absolute Gasteiger partial charge is 0.331 e. The van der Waals surface area contributed by atoms with Crippen molar-refractivity contribution >= 4 is 12.0 Å². The van der Waals surface area contributed by atoms with Crippen LogP contribution in [0.4, 0.5) is 0 Å². The number of carboxylic acid groups (broad SMARTS) is 1. The zero-order valence-corrected chi connectivity index (χ0v) is 9.38. The summed E-state index contributed by atoms with van der Waals surface area (Å²) in [4.78, 5) is 10.7. The summed E-state index contributed by atoms with van der Waals surface area (Å²) in [5.41, 5.74) is 2.15. The summed E-state index contributed by atoms with van der Waals surface area (Å²) in [6, 6.07) is 11.2. The molecule has 0 radical (unpaired) electrons. The van der Waals surface area contributed by atoms with E-state index in [0.29, 0.717) is 5.57 Å². The van der Waals surface area contributed by atoms with Gasteiger partial charge in [0.25, 0.3) is 0 Å². The molecule has 0 spiro atoms. The zero-order chi connectivity index (χ0) is 12.3. The lowest BCUT2D eigenvalue weighted by Gasteiger charge is -1.99. The van der Waals surface area contributed by atoms with Crippen LogP contribution in [0.25, 0.3) is 17.4 Å². The third kappa shape index (κ3) is 2.64. The van der Waals surface area contributed by atoms with Gasteiger partial charge in [-0.2, -0.15) is 0 Å². The van der Waals surface area contributed by atoms with Crippen molar-refractivity contribution in [1.82, 2.24) is 0 Å². The van der Waals surface area contributed by atoms with E-state index in [9.17, 15) is 4.79 Å². The van der Waals surface area contributed by atoms with Gasteiger partial charge in [0.15, 0.2) is 0 Å². The third-order valence-corrected chi connectivity index (χ3v) is 2.44. The predicted molar refractivity (Wildman–Crippen MR) is 65.4 cm³/mol. The molecule has 0 fully saturated rings. The Bertz CT molecular complexity index is 533. The molecule has 0 aliphatic rings. The molecule has 0 aliphatic heterocycles. The van der Waals surface area contributed by atoms with Crippen LogP contribution in [0.5, 0.6) is 0 Å². The van der Waals surface area contributed by atoms with Gasteiger partial charge in [-0.15, -0.1) is 0 Å². The number of carboxylic acids is 1. The van der Waals surface area contributed by atoms with Gasteiger partial charge in [0.1, 0.15) is 5.76 Å². The van der Waals surface area contributed by atoms with Crippen LogP contribution < -0.4 is 0 Å². The predicted octanol–water partition coefficient (Wildman–Crippen LogP) is 3.43. The highest BCUT2D eigenvalue weighted by Crippen LogP contribution is 2.20. The Morgan fingerprint density at radius 2 is 1.94 bits per heavy atom. The first-order valence-corrected chi connectivity index (χ1v) is 5.22. The third-order valence-electron chi connectivity index (χ3n) is 2.44. The van der Waals surface area contributed by atoms with E-state index >= 15 is 0 Å². The number of hydrogen-bond donors (Lipinski definition) is 1. The van der Waals surface area contributed by atoms with Gasteiger partial charge in [0.2, 0.25) is 0 Å². The van der Waals surface area contributed by atoms with Gasteiger partial charge < -0.3 is 9.52 Å². The highest BCUT2D eigenvalue weighted by atomic mass is 16.4. The van der Waals surface area contributed by atoms with E-state index in [1.54, 1.807) is 19.3 Å². The fourth-order valence-electron chi connectivity index (χ4n) is 1.50. The summed E-state index contributed by atoms with van der Waals surface area (Å²) in [6.07, 6.45) is 3.26. The molecule has 2 aromatic rings.